The maximum Gasteiger partial charge on any atom is 0.0564 e. The quantitative estimate of drug-likeness (QED) is 0.791. The molecule has 2 atom stereocenters. The molecule has 2 N–H and O–H groups in total. The van der Waals surface area contributed by atoms with Gasteiger partial charge in [0.25, 0.3) is 0 Å². The third-order valence-corrected chi connectivity index (χ3v) is 5.35. The van der Waals surface area contributed by atoms with Crippen LogP contribution in [-0.2, 0) is 0 Å². The van der Waals surface area contributed by atoms with Gasteiger partial charge in [-0.25, -0.2) is 0 Å². The number of aliphatic hydroxyl groups is 1. The number of nitrogens with one attached hydrogen (secondary N) is 1. The lowest BCUT2D eigenvalue weighted by atomic mass is 9.69. The molecule has 3 heteroatoms. The Hall–Kier alpha value is -0.120. The molecule has 0 aromatic rings. The highest BCUT2D eigenvalue weighted by atomic mass is 16.3. The summed E-state index contributed by atoms with van der Waals surface area (Å²) in [5, 5.41) is 13.4. The number of nitrogens with zero attached hydrogens (tertiary/aromatic N) is 1. The average molecular weight is 296 g/mol. The van der Waals surface area contributed by atoms with Crippen molar-refractivity contribution in [2.75, 3.05) is 32.7 Å². The van der Waals surface area contributed by atoms with Crippen LogP contribution in [0.15, 0.2) is 0 Å². The summed E-state index contributed by atoms with van der Waals surface area (Å²) in [5.41, 5.74) is 0.467. The molecule has 2 fully saturated rings. The monoisotopic (exact) mass is 296 g/mol. The van der Waals surface area contributed by atoms with Gasteiger partial charge in [-0.3, -0.25) is 0 Å². The zero-order valence-corrected chi connectivity index (χ0v) is 14.4. The van der Waals surface area contributed by atoms with Crippen molar-refractivity contribution in [3.8, 4) is 0 Å². The van der Waals surface area contributed by atoms with E-state index in [1.807, 2.05) is 0 Å². The van der Waals surface area contributed by atoms with Crippen LogP contribution in [0.1, 0.15) is 59.3 Å². The van der Waals surface area contributed by atoms with Crippen LogP contribution in [0.5, 0.6) is 0 Å². The van der Waals surface area contributed by atoms with Crippen molar-refractivity contribution in [3.63, 3.8) is 0 Å². The molecule has 1 heterocycles. The van der Waals surface area contributed by atoms with Gasteiger partial charge in [0.05, 0.1) is 6.10 Å². The van der Waals surface area contributed by atoms with Gasteiger partial charge < -0.3 is 15.3 Å². The number of aliphatic hydroxyl groups excluding tert-OH is 1. The third-order valence-electron chi connectivity index (χ3n) is 5.35. The molecule has 0 amide bonds. The lowest BCUT2D eigenvalue weighted by molar-refractivity contribution is 0.0338. The van der Waals surface area contributed by atoms with E-state index in [1.165, 1.54) is 38.8 Å². The van der Waals surface area contributed by atoms with Gasteiger partial charge in [0.2, 0.25) is 0 Å². The van der Waals surface area contributed by atoms with Crippen LogP contribution in [0, 0.1) is 17.3 Å². The van der Waals surface area contributed by atoms with Crippen LogP contribution < -0.4 is 5.32 Å². The Morgan fingerprint density at radius 1 is 1.24 bits per heavy atom. The largest absolute Gasteiger partial charge is 0.393 e. The Bertz CT molecular complexity index is 300. The highest BCUT2D eigenvalue weighted by molar-refractivity contribution is 4.91. The van der Waals surface area contributed by atoms with E-state index in [1.54, 1.807) is 0 Å². The number of piperidine rings is 1. The van der Waals surface area contributed by atoms with Gasteiger partial charge in [-0.15, -0.1) is 0 Å². The molecule has 0 aromatic heterocycles. The van der Waals surface area contributed by atoms with Crippen molar-refractivity contribution in [1.29, 1.82) is 0 Å². The van der Waals surface area contributed by atoms with Crippen LogP contribution in [0.25, 0.3) is 0 Å². The second-order valence-electron chi connectivity index (χ2n) is 8.23. The first-order valence-corrected chi connectivity index (χ1v) is 9.10. The van der Waals surface area contributed by atoms with E-state index >= 15 is 0 Å². The maximum absolute atomic E-state index is 9.70. The van der Waals surface area contributed by atoms with Crippen molar-refractivity contribution >= 4 is 0 Å². The van der Waals surface area contributed by atoms with Crippen LogP contribution in [0.3, 0.4) is 0 Å². The van der Waals surface area contributed by atoms with Crippen molar-refractivity contribution < 1.29 is 5.11 Å². The highest BCUT2D eigenvalue weighted by Gasteiger charge is 2.36. The minimum Gasteiger partial charge on any atom is -0.393 e. The van der Waals surface area contributed by atoms with E-state index in [4.69, 9.17) is 0 Å². The SMILES string of the molecule is CC(C)CNCC1(CN2CCC(O)CC2)CCCC(C)C1. The summed E-state index contributed by atoms with van der Waals surface area (Å²) in [7, 11) is 0. The second-order valence-corrected chi connectivity index (χ2v) is 8.23. The van der Waals surface area contributed by atoms with Gasteiger partial charge in [-0.05, 0) is 49.5 Å². The van der Waals surface area contributed by atoms with Crippen molar-refractivity contribution in [1.82, 2.24) is 10.2 Å². The molecule has 0 aromatic carbocycles. The Morgan fingerprint density at radius 3 is 2.57 bits per heavy atom. The maximum atomic E-state index is 9.70. The van der Waals surface area contributed by atoms with E-state index in [0.717, 1.165) is 44.3 Å². The first-order valence-electron chi connectivity index (χ1n) is 9.10. The summed E-state index contributed by atoms with van der Waals surface area (Å²) in [4.78, 5) is 2.61. The third kappa shape index (κ3) is 5.54. The normalized spacial score (nSPS) is 32.7. The molecule has 1 saturated heterocycles. The molecule has 124 valence electrons. The van der Waals surface area contributed by atoms with Crippen LogP contribution in [-0.4, -0.2) is 48.8 Å². The molecular formula is C18H36N2O. The Morgan fingerprint density at radius 2 is 1.95 bits per heavy atom. The van der Waals surface area contributed by atoms with E-state index in [-0.39, 0.29) is 6.10 Å². The molecule has 2 aliphatic rings. The first-order chi connectivity index (χ1) is 9.99. The van der Waals surface area contributed by atoms with Gasteiger partial charge in [0.1, 0.15) is 0 Å². The van der Waals surface area contributed by atoms with Crippen LogP contribution in [0.2, 0.25) is 0 Å². The topological polar surface area (TPSA) is 35.5 Å². The number of hydrogen-bond acceptors (Lipinski definition) is 3. The van der Waals surface area contributed by atoms with E-state index in [9.17, 15) is 5.11 Å². The standard InChI is InChI=1S/C18H36N2O/c1-15(2)12-19-13-18(8-4-5-16(3)11-18)14-20-9-6-17(21)7-10-20/h15-17,19,21H,4-14H2,1-3H3. The molecule has 2 rings (SSSR count). The predicted octanol–water partition coefficient (Wildman–Crippen LogP) is 2.89. The summed E-state index contributed by atoms with van der Waals surface area (Å²) < 4.78 is 0. The summed E-state index contributed by atoms with van der Waals surface area (Å²) in [6, 6.07) is 0. The smallest absolute Gasteiger partial charge is 0.0564 e. The van der Waals surface area contributed by atoms with Crippen molar-refractivity contribution in [2.45, 2.75) is 65.4 Å². The minimum atomic E-state index is -0.0541. The Balaban J connectivity index is 1.91. The minimum absolute atomic E-state index is 0.0541. The molecule has 21 heavy (non-hydrogen) atoms. The average Bonchev–Trinajstić information content (AvgIpc) is 2.41. The molecule has 1 saturated carbocycles. The Kier molecular flexibility index (Phi) is 6.51. The summed E-state index contributed by atoms with van der Waals surface area (Å²) in [6.07, 6.45) is 7.42. The van der Waals surface area contributed by atoms with E-state index in [2.05, 4.69) is 31.0 Å². The molecule has 0 radical (unpaired) electrons. The van der Waals surface area contributed by atoms with Crippen LogP contribution >= 0.6 is 0 Å². The van der Waals surface area contributed by atoms with Gasteiger partial charge in [-0.2, -0.15) is 0 Å². The van der Waals surface area contributed by atoms with Crippen molar-refractivity contribution in [3.05, 3.63) is 0 Å². The van der Waals surface area contributed by atoms with Gasteiger partial charge in [-0.1, -0.05) is 33.6 Å². The zero-order valence-electron chi connectivity index (χ0n) is 14.4. The van der Waals surface area contributed by atoms with Gasteiger partial charge in [0.15, 0.2) is 0 Å². The van der Waals surface area contributed by atoms with Gasteiger partial charge >= 0.3 is 0 Å². The lowest BCUT2D eigenvalue weighted by Crippen LogP contribution is -2.49. The molecule has 0 spiro atoms. The molecule has 1 aliphatic carbocycles. The van der Waals surface area contributed by atoms with Crippen molar-refractivity contribution in [2.24, 2.45) is 17.3 Å². The fraction of sp³-hybridized carbons (Fsp3) is 1.00. The second kappa shape index (κ2) is 7.94. The lowest BCUT2D eigenvalue weighted by Gasteiger charge is -2.45. The molecule has 2 unspecified atom stereocenters. The van der Waals surface area contributed by atoms with Crippen LogP contribution in [0.4, 0.5) is 0 Å². The predicted molar refractivity (Wildman–Crippen MR) is 89.5 cm³/mol. The summed E-state index contributed by atoms with van der Waals surface area (Å²) in [5.74, 6) is 1.60. The van der Waals surface area contributed by atoms with Gasteiger partial charge in [0, 0.05) is 26.2 Å². The number of hydrogen-bond donors (Lipinski definition) is 2. The fourth-order valence-electron chi connectivity index (χ4n) is 4.31. The number of rotatable bonds is 6. The highest BCUT2D eigenvalue weighted by Crippen LogP contribution is 2.40. The summed E-state index contributed by atoms with van der Waals surface area (Å²) >= 11 is 0. The Labute approximate surface area is 131 Å². The molecule has 0 bridgehead atoms. The van der Waals surface area contributed by atoms with E-state index in [0.29, 0.717) is 5.41 Å². The summed E-state index contributed by atoms with van der Waals surface area (Å²) in [6.45, 7) is 12.7. The zero-order chi connectivity index (χ0) is 15.3. The molecular weight excluding hydrogens is 260 g/mol. The molecule has 1 aliphatic heterocycles. The fourth-order valence-corrected chi connectivity index (χ4v) is 4.31. The first kappa shape index (κ1) is 17.2. The molecule has 3 nitrogen and oxygen atoms in total. The number of likely N-dealkylation sites (tertiary alicyclic amines) is 1. The van der Waals surface area contributed by atoms with E-state index < -0.39 is 0 Å².